The SMILES string of the molecule is CCNC(=NCC(O)(CC)CC)N1CCN(c2ccc(OC)cc2)CC1. The highest BCUT2D eigenvalue weighted by Gasteiger charge is 2.24. The van der Waals surface area contributed by atoms with Crippen LogP contribution in [0.5, 0.6) is 5.75 Å². The van der Waals surface area contributed by atoms with Crippen molar-refractivity contribution in [1.29, 1.82) is 0 Å². The Morgan fingerprint density at radius 2 is 1.73 bits per heavy atom. The van der Waals surface area contributed by atoms with Crippen LogP contribution in [0.2, 0.25) is 0 Å². The Balaban J connectivity index is 1.98. The molecule has 0 unspecified atom stereocenters. The number of benzene rings is 1. The van der Waals surface area contributed by atoms with Gasteiger partial charge in [-0.05, 0) is 44.0 Å². The van der Waals surface area contributed by atoms with Gasteiger partial charge in [0.2, 0.25) is 0 Å². The number of nitrogens with zero attached hydrogens (tertiary/aromatic N) is 3. The second kappa shape index (κ2) is 9.67. The highest BCUT2D eigenvalue weighted by Crippen LogP contribution is 2.21. The van der Waals surface area contributed by atoms with Crippen LogP contribution in [0, 0.1) is 0 Å². The molecule has 1 aliphatic heterocycles. The number of anilines is 1. The molecule has 0 spiro atoms. The lowest BCUT2D eigenvalue weighted by atomic mass is 9.98. The molecule has 0 amide bonds. The van der Waals surface area contributed by atoms with Gasteiger partial charge in [-0.1, -0.05) is 13.8 Å². The van der Waals surface area contributed by atoms with Gasteiger partial charge in [-0.3, -0.25) is 4.99 Å². The van der Waals surface area contributed by atoms with E-state index in [1.807, 2.05) is 26.0 Å². The summed E-state index contributed by atoms with van der Waals surface area (Å²) in [5, 5.41) is 13.9. The number of rotatable bonds is 7. The van der Waals surface area contributed by atoms with Crippen molar-refractivity contribution < 1.29 is 9.84 Å². The Morgan fingerprint density at radius 1 is 1.12 bits per heavy atom. The molecule has 1 aromatic carbocycles. The lowest BCUT2D eigenvalue weighted by Gasteiger charge is -2.38. The minimum absolute atomic E-state index is 0.445. The number of aliphatic hydroxyl groups is 1. The molecule has 6 nitrogen and oxygen atoms in total. The first kappa shape index (κ1) is 20.4. The van der Waals surface area contributed by atoms with E-state index in [1.165, 1.54) is 5.69 Å². The van der Waals surface area contributed by atoms with Crippen molar-refractivity contribution >= 4 is 11.6 Å². The molecule has 1 aromatic rings. The zero-order valence-corrected chi connectivity index (χ0v) is 16.7. The zero-order chi connectivity index (χ0) is 19.0. The smallest absolute Gasteiger partial charge is 0.194 e. The summed E-state index contributed by atoms with van der Waals surface area (Å²) in [7, 11) is 1.69. The molecule has 26 heavy (non-hydrogen) atoms. The van der Waals surface area contributed by atoms with E-state index in [4.69, 9.17) is 9.73 Å². The maximum absolute atomic E-state index is 10.5. The van der Waals surface area contributed by atoms with Gasteiger partial charge in [-0.25, -0.2) is 0 Å². The van der Waals surface area contributed by atoms with Gasteiger partial charge in [0.1, 0.15) is 5.75 Å². The maximum atomic E-state index is 10.5. The first-order valence-electron chi connectivity index (χ1n) is 9.69. The van der Waals surface area contributed by atoms with Crippen LogP contribution in [0.4, 0.5) is 5.69 Å². The number of piperazine rings is 1. The molecule has 0 radical (unpaired) electrons. The summed E-state index contributed by atoms with van der Waals surface area (Å²) in [6, 6.07) is 8.22. The number of guanidine groups is 1. The van der Waals surface area contributed by atoms with Crippen molar-refractivity contribution in [3.63, 3.8) is 0 Å². The summed E-state index contributed by atoms with van der Waals surface area (Å²) < 4.78 is 5.23. The lowest BCUT2D eigenvalue weighted by molar-refractivity contribution is 0.0415. The van der Waals surface area contributed by atoms with Crippen LogP contribution in [0.1, 0.15) is 33.6 Å². The first-order valence-corrected chi connectivity index (χ1v) is 9.69. The van der Waals surface area contributed by atoms with Gasteiger partial charge in [0.15, 0.2) is 5.96 Å². The largest absolute Gasteiger partial charge is 0.497 e. The van der Waals surface area contributed by atoms with Crippen molar-refractivity contribution in [1.82, 2.24) is 10.2 Å². The average Bonchev–Trinajstić information content (AvgIpc) is 2.71. The van der Waals surface area contributed by atoms with Gasteiger partial charge in [-0.2, -0.15) is 0 Å². The van der Waals surface area contributed by atoms with Crippen molar-refractivity contribution in [2.75, 3.05) is 51.3 Å². The third kappa shape index (κ3) is 5.27. The van der Waals surface area contributed by atoms with Crippen LogP contribution in [0.15, 0.2) is 29.3 Å². The van der Waals surface area contributed by atoms with E-state index in [-0.39, 0.29) is 0 Å². The molecule has 1 fully saturated rings. The van der Waals surface area contributed by atoms with Gasteiger partial charge in [0.25, 0.3) is 0 Å². The Morgan fingerprint density at radius 3 is 2.23 bits per heavy atom. The van der Waals surface area contributed by atoms with E-state index in [0.29, 0.717) is 6.54 Å². The van der Waals surface area contributed by atoms with E-state index in [0.717, 1.165) is 57.3 Å². The van der Waals surface area contributed by atoms with E-state index >= 15 is 0 Å². The third-order valence-corrected chi connectivity index (χ3v) is 5.19. The fourth-order valence-corrected chi connectivity index (χ4v) is 3.09. The van der Waals surface area contributed by atoms with Crippen molar-refractivity contribution in [3.8, 4) is 5.75 Å². The topological polar surface area (TPSA) is 60.3 Å². The second-order valence-electron chi connectivity index (χ2n) is 6.77. The van der Waals surface area contributed by atoms with E-state index in [9.17, 15) is 5.11 Å². The van der Waals surface area contributed by atoms with Crippen LogP contribution in [-0.4, -0.2) is 67.9 Å². The molecule has 0 aliphatic carbocycles. The van der Waals surface area contributed by atoms with Gasteiger partial charge in [0.05, 0.1) is 19.3 Å². The molecule has 0 aromatic heterocycles. The van der Waals surface area contributed by atoms with E-state index in [1.54, 1.807) is 7.11 Å². The van der Waals surface area contributed by atoms with E-state index in [2.05, 4.69) is 34.2 Å². The fraction of sp³-hybridized carbons (Fsp3) is 0.650. The van der Waals surface area contributed by atoms with Crippen molar-refractivity contribution in [2.45, 2.75) is 39.2 Å². The molecular formula is C20H34N4O2. The second-order valence-corrected chi connectivity index (χ2v) is 6.77. The molecule has 146 valence electrons. The van der Waals surface area contributed by atoms with Crippen molar-refractivity contribution in [3.05, 3.63) is 24.3 Å². The molecule has 0 bridgehead atoms. The number of ether oxygens (including phenoxy) is 1. The molecule has 2 rings (SSSR count). The monoisotopic (exact) mass is 362 g/mol. The van der Waals surface area contributed by atoms with Crippen LogP contribution >= 0.6 is 0 Å². The standard InChI is InChI=1S/C20H34N4O2/c1-5-20(25,6-2)16-22-19(21-7-3)24-14-12-23(13-15-24)17-8-10-18(26-4)11-9-17/h8-11,25H,5-7,12-16H2,1-4H3,(H,21,22). The number of nitrogens with one attached hydrogen (secondary N) is 1. The van der Waals surface area contributed by atoms with Crippen LogP contribution < -0.4 is 15.0 Å². The first-order chi connectivity index (χ1) is 12.5. The zero-order valence-electron chi connectivity index (χ0n) is 16.7. The van der Waals surface area contributed by atoms with Gasteiger partial charge < -0.3 is 25.0 Å². The normalized spacial score (nSPS) is 16.0. The average molecular weight is 363 g/mol. The molecule has 2 N–H and O–H groups in total. The Hall–Kier alpha value is -1.95. The Kier molecular flexibility index (Phi) is 7.57. The van der Waals surface area contributed by atoms with Crippen LogP contribution in [-0.2, 0) is 0 Å². The molecule has 1 saturated heterocycles. The molecule has 1 aliphatic rings. The third-order valence-electron chi connectivity index (χ3n) is 5.19. The fourth-order valence-electron chi connectivity index (χ4n) is 3.09. The molecule has 0 saturated carbocycles. The quantitative estimate of drug-likeness (QED) is 0.576. The summed E-state index contributed by atoms with van der Waals surface area (Å²) in [5.41, 5.74) is 0.518. The number of hydrogen-bond donors (Lipinski definition) is 2. The highest BCUT2D eigenvalue weighted by molar-refractivity contribution is 5.80. The molecule has 6 heteroatoms. The summed E-state index contributed by atoms with van der Waals surface area (Å²) >= 11 is 0. The predicted octanol–water partition coefficient (Wildman–Crippen LogP) is 2.33. The number of aliphatic imine (C=N–C) groups is 1. The summed E-state index contributed by atoms with van der Waals surface area (Å²) in [6.07, 6.45) is 1.44. The predicted molar refractivity (Wildman–Crippen MR) is 108 cm³/mol. The van der Waals surface area contributed by atoms with Gasteiger partial charge in [-0.15, -0.1) is 0 Å². The highest BCUT2D eigenvalue weighted by atomic mass is 16.5. The van der Waals surface area contributed by atoms with Gasteiger partial charge >= 0.3 is 0 Å². The van der Waals surface area contributed by atoms with Gasteiger partial charge in [0, 0.05) is 38.4 Å². The minimum Gasteiger partial charge on any atom is -0.497 e. The minimum atomic E-state index is -0.703. The Bertz CT molecular complexity index is 562. The number of methoxy groups -OCH3 is 1. The molecule has 1 heterocycles. The molecular weight excluding hydrogens is 328 g/mol. The van der Waals surface area contributed by atoms with E-state index < -0.39 is 5.60 Å². The summed E-state index contributed by atoms with van der Waals surface area (Å²) in [5.74, 6) is 1.79. The van der Waals surface area contributed by atoms with Crippen molar-refractivity contribution in [2.24, 2.45) is 4.99 Å². The maximum Gasteiger partial charge on any atom is 0.194 e. The number of hydrogen-bond acceptors (Lipinski definition) is 4. The summed E-state index contributed by atoms with van der Waals surface area (Å²) in [4.78, 5) is 9.39. The molecule has 0 atom stereocenters. The lowest BCUT2D eigenvalue weighted by Crippen LogP contribution is -2.53. The van der Waals surface area contributed by atoms with Crippen LogP contribution in [0.3, 0.4) is 0 Å². The Labute approximate surface area is 157 Å². The van der Waals surface area contributed by atoms with Crippen LogP contribution in [0.25, 0.3) is 0 Å². The summed E-state index contributed by atoms with van der Waals surface area (Å²) in [6.45, 7) is 11.1.